The Morgan fingerprint density at radius 1 is 0.897 bits per heavy atom. The van der Waals surface area contributed by atoms with Crippen molar-refractivity contribution in [1.82, 2.24) is 15.0 Å². The van der Waals surface area contributed by atoms with Gasteiger partial charge in [-0.25, -0.2) is 9.97 Å². The van der Waals surface area contributed by atoms with Crippen LogP contribution in [0.3, 0.4) is 0 Å². The highest BCUT2D eigenvalue weighted by molar-refractivity contribution is 5.90. The molecule has 4 rings (SSSR count). The van der Waals surface area contributed by atoms with Crippen molar-refractivity contribution in [3.05, 3.63) is 73.1 Å². The molecule has 0 radical (unpaired) electrons. The SMILES string of the molecule is COc1ccccc1OCCN(C)c1nc(-c2cccnc2)nc2ccccc12. The van der Waals surface area contributed by atoms with Gasteiger partial charge in [-0.3, -0.25) is 4.98 Å². The molecular weight excluding hydrogens is 364 g/mol. The van der Waals surface area contributed by atoms with Gasteiger partial charge in [-0.2, -0.15) is 0 Å². The highest BCUT2D eigenvalue weighted by Gasteiger charge is 2.13. The number of rotatable bonds is 7. The molecular formula is C23H22N4O2. The van der Waals surface area contributed by atoms with E-state index >= 15 is 0 Å². The maximum Gasteiger partial charge on any atom is 0.163 e. The average Bonchev–Trinajstić information content (AvgIpc) is 2.79. The molecule has 2 aromatic carbocycles. The lowest BCUT2D eigenvalue weighted by Crippen LogP contribution is -2.25. The first-order valence-electron chi connectivity index (χ1n) is 9.40. The topological polar surface area (TPSA) is 60.4 Å². The van der Waals surface area contributed by atoms with Gasteiger partial charge in [0.05, 0.1) is 19.2 Å². The summed E-state index contributed by atoms with van der Waals surface area (Å²) in [5.74, 6) is 2.97. The summed E-state index contributed by atoms with van der Waals surface area (Å²) in [7, 11) is 3.65. The number of anilines is 1. The molecule has 0 bridgehead atoms. The second-order valence-corrected chi connectivity index (χ2v) is 6.55. The lowest BCUT2D eigenvalue weighted by Gasteiger charge is -2.21. The Hall–Kier alpha value is -3.67. The molecule has 6 nitrogen and oxygen atoms in total. The fourth-order valence-electron chi connectivity index (χ4n) is 3.11. The number of ether oxygens (including phenoxy) is 2. The first kappa shape index (κ1) is 18.7. The van der Waals surface area contributed by atoms with E-state index < -0.39 is 0 Å². The quantitative estimate of drug-likeness (QED) is 0.474. The van der Waals surface area contributed by atoms with E-state index in [2.05, 4.69) is 9.88 Å². The molecule has 29 heavy (non-hydrogen) atoms. The lowest BCUT2D eigenvalue weighted by atomic mass is 10.2. The van der Waals surface area contributed by atoms with Crippen LogP contribution in [0.2, 0.25) is 0 Å². The van der Waals surface area contributed by atoms with Crippen molar-refractivity contribution in [1.29, 1.82) is 0 Å². The Labute approximate surface area is 169 Å². The molecule has 2 heterocycles. The monoisotopic (exact) mass is 386 g/mol. The molecule has 0 atom stereocenters. The number of hydrogen-bond acceptors (Lipinski definition) is 6. The fourth-order valence-corrected chi connectivity index (χ4v) is 3.11. The molecule has 0 saturated heterocycles. The van der Waals surface area contributed by atoms with Crippen LogP contribution in [-0.2, 0) is 0 Å². The standard InChI is InChI=1S/C23H22N4O2/c1-27(14-15-29-21-12-6-5-11-20(21)28-2)23-18-9-3-4-10-19(18)25-22(26-23)17-8-7-13-24-16-17/h3-13,16H,14-15H2,1-2H3. The minimum absolute atomic E-state index is 0.497. The summed E-state index contributed by atoms with van der Waals surface area (Å²) in [5, 5.41) is 1.000. The molecule has 0 saturated carbocycles. The molecule has 146 valence electrons. The van der Waals surface area contributed by atoms with Gasteiger partial charge < -0.3 is 14.4 Å². The van der Waals surface area contributed by atoms with Crippen molar-refractivity contribution in [2.45, 2.75) is 0 Å². The van der Waals surface area contributed by atoms with Crippen LogP contribution in [0.4, 0.5) is 5.82 Å². The molecule has 0 amide bonds. The van der Waals surface area contributed by atoms with Crippen LogP contribution in [0.15, 0.2) is 73.1 Å². The second kappa shape index (κ2) is 8.56. The Morgan fingerprint density at radius 2 is 1.69 bits per heavy atom. The summed E-state index contributed by atoms with van der Waals surface area (Å²) < 4.78 is 11.3. The number of pyridine rings is 1. The van der Waals surface area contributed by atoms with Crippen molar-refractivity contribution in [2.24, 2.45) is 0 Å². The van der Waals surface area contributed by atoms with Crippen LogP contribution in [0.1, 0.15) is 0 Å². The third kappa shape index (κ3) is 4.11. The van der Waals surface area contributed by atoms with E-state index in [1.165, 1.54) is 0 Å². The van der Waals surface area contributed by atoms with E-state index in [1.807, 2.05) is 67.7 Å². The predicted octanol–water partition coefficient (Wildman–Crippen LogP) is 4.22. The van der Waals surface area contributed by atoms with E-state index in [-0.39, 0.29) is 0 Å². The van der Waals surface area contributed by atoms with Gasteiger partial charge in [0.2, 0.25) is 0 Å². The Balaban J connectivity index is 1.59. The van der Waals surface area contributed by atoms with E-state index in [9.17, 15) is 0 Å². The summed E-state index contributed by atoms with van der Waals surface area (Å²) in [6.45, 7) is 1.16. The zero-order valence-electron chi connectivity index (χ0n) is 16.4. The zero-order valence-corrected chi connectivity index (χ0v) is 16.4. The average molecular weight is 386 g/mol. The predicted molar refractivity (Wildman–Crippen MR) is 115 cm³/mol. The number of aromatic nitrogens is 3. The van der Waals surface area contributed by atoms with Crippen molar-refractivity contribution in [2.75, 3.05) is 32.2 Å². The number of hydrogen-bond donors (Lipinski definition) is 0. The van der Waals surface area contributed by atoms with Gasteiger partial charge >= 0.3 is 0 Å². The number of para-hydroxylation sites is 3. The lowest BCUT2D eigenvalue weighted by molar-refractivity contribution is 0.301. The van der Waals surface area contributed by atoms with Crippen molar-refractivity contribution < 1.29 is 9.47 Å². The maximum atomic E-state index is 5.93. The Bertz CT molecular complexity index is 1100. The third-order valence-corrected chi connectivity index (χ3v) is 4.62. The molecule has 0 aliphatic rings. The molecule has 0 spiro atoms. The maximum absolute atomic E-state index is 5.93. The van der Waals surface area contributed by atoms with Crippen LogP contribution < -0.4 is 14.4 Å². The number of benzene rings is 2. The van der Waals surface area contributed by atoms with Crippen molar-refractivity contribution in [3.8, 4) is 22.9 Å². The largest absolute Gasteiger partial charge is 0.493 e. The highest BCUT2D eigenvalue weighted by atomic mass is 16.5. The van der Waals surface area contributed by atoms with Crippen LogP contribution in [-0.4, -0.2) is 42.3 Å². The molecule has 0 N–H and O–H groups in total. The summed E-state index contributed by atoms with van der Waals surface area (Å²) in [6.07, 6.45) is 3.52. The first-order chi connectivity index (χ1) is 14.3. The Morgan fingerprint density at radius 3 is 2.48 bits per heavy atom. The zero-order chi connectivity index (χ0) is 20.1. The minimum Gasteiger partial charge on any atom is -0.493 e. The van der Waals surface area contributed by atoms with E-state index in [0.29, 0.717) is 19.0 Å². The van der Waals surface area contributed by atoms with Crippen LogP contribution in [0.25, 0.3) is 22.3 Å². The van der Waals surface area contributed by atoms with Crippen LogP contribution in [0.5, 0.6) is 11.5 Å². The number of methoxy groups -OCH3 is 1. The molecule has 2 aromatic heterocycles. The van der Waals surface area contributed by atoms with Gasteiger partial charge in [0.1, 0.15) is 12.4 Å². The summed E-state index contributed by atoms with van der Waals surface area (Å²) in [5.41, 5.74) is 1.78. The fraction of sp³-hybridized carbons (Fsp3) is 0.174. The van der Waals surface area contributed by atoms with Crippen LogP contribution in [0, 0.1) is 0 Å². The third-order valence-electron chi connectivity index (χ3n) is 4.62. The second-order valence-electron chi connectivity index (χ2n) is 6.55. The molecule has 6 heteroatoms. The van der Waals surface area contributed by atoms with Crippen molar-refractivity contribution >= 4 is 16.7 Å². The van der Waals surface area contributed by atoms with Gasteiger partial charge in [0, 0.05) is 30.4 Å². The molecule has 0 fully saturated rings. The van der Waals surface area contributed by atoms with Crippen LogP contribution >= 0.6 is 0 Å². The van der Waals surface area contributed by atoms with E-state index in [0.717, 1.165) is 33.8 Å². The summed E-state index contributed by atoms with van der Waals surface area (Å²) in [6, 6.07) is 19.5. The summed E-state index contributed by atoms with van der Waals surface area (Å²) in [4.78, 5) is 15.8. The van der Waals surface area contributed by atoms with E-state index in [4.69, 9.17) is 19.4 Å². The number of likely N-dealkylation sites (N-methyl/N-ethyl adjacent to an activating group) is 1. The van der Waals surface area contributed by atoms with Gasteiger partial charge in [0.15, 0.2) is 17.3 Å². The minimum atomic E-state index is 0.497. The molecule has 0 aliphatic carbocycles. The van der Waals surface area contributed by atoms with Gasteiger partial charge in [0.25, 0.3) is 0 Å². The van der Waals surface area contributed by atoms with Gasteiger partial charge in [-0.1, -0.05) is 24.3 Å². The normalized spacial score (nSPS) is 10.7. The Kier molecular flexibility index (Phi) is 5.52. The molecule has 4 aromatic rings. The molecule has 0 unspecified atom stereocenters. The highest BCUT2D eigenvalue weighted by Crippen LogP contribution is 2.28. The smallest absolute Gasteiger partial charge is 0.163 e. The number of fused-ring (bicyclic) bond motifs is 1. The number of nitrogens with zero attached hydrogens (tertiary/aromatic N) is 4. The van der Waals surface area contributed by atoms with Gasteiger partial charge in [-0.15, -0.1) is 0 Å². The first-order valence-corrected chi connectivity index (χ1v) is 9.40. The van der Waals surface area contributed by atoms with Gasteiger partial charge in [-0.05, 0) is 36.4 Å². The molecule has 0 aliphatic heterocycles. The van der Waals surface area contributed by atoms with E-state index in [1.54, 1.807) is 19.5 Å². The summed E-state index contributed by atoms with van der Waals surface area (Å²) >= 11 is 0. The van der Waals surface area contributed by atoms with Crippen molar-refractivity contribution in [3.63, 3.8) is 0 Å².